The first kappa shape index (κ1) is 12.7. The summed E-state index contributed by atoms with van der Waals surface area (Å²) in [7, 11) is -4.69. The number of carboxylic acid groups (broad SMARTS) is 1. The van der Waals surface area contributed by atoms with Crippen molar-refractivity contribution in [2.75, 3.05) is 12.0 Å². The van der Waals surface area contributed by atoms with Crippen LogP contribution in [0.2, 0.25) is 0 Å². The van der Waals surface area contributed by atoms with Crippen molar-refractivity contribution < 1.29 is 27.1 Å². The number of thioether (sulfide) groups is 1. The lowest BCUT2D eigenvalue weighted by Gasteiger charge is -2.09. The van der Waals surface area contributed by atoms with E-state index in [-0.39, 0.29) is 6.42 Å². The molecule has 0 aliphatic heterocycles. The molecule has 0 aliphatic rings. The Labute approximate surface area is 80.2 Å². The molecule has 0 radical (unpaired) electrons. The molecule has 13 heavy (non-hydrogen) atoms. The van der Waals surface area contributed by atoms with E-state index in [9.17, 15) is 13.2 Å². The summed E-state index contributed by atoms with van der Waals surface area (Å²) in [5.74, 6) is -0.973. The predicted octanol–water partition coefficient (Wildman–Crippen LogP) is 0.0121. The zero-order valence-electron chi connectivity index (χ0n) is 6.84. The van der Waals surface area contributed by atoms with Gasteiger partial charge in [0.15, 0.2) is 6.10 Å². The highest BCUT2D eigenvalue weighted by atomic mass is 32.3. The van der Waals surface area contributed by atoms with E-state index in [4.69, 9.17) is 9.66 Å². The molecule has 0 spiro atoms. The van der Waals surface area contributed by atoms with Crippen molar-refractivity contribution >= 4 is 28.1 Å². The molecular weight excluding hydrogens is 220 g/mol. The fraction of sp³-hybridized carbons (Fsp3) is 0.800. The summed E-state index contributed by atoms with van der Waals surface area (Å²) in [6.45, 7) is 0. The summed E-state index contributed by atoms with van der Waals surface area (Å²) in [5, 5.41) is 8.45. The Kier molecular flexibility index (Phi) is 5.30. The summed E-state index contributed by atoms with van der Waals surface area (Å²) in [6, 6.07) is 0. The van der Waals surface area contributed by atoms with Crippen molar-refractivity contribution in [1.82, 2.24) is 0 Å². The smallest absolute Gasteiger partial charge is 0.398 e. The van der Waals surface area contributed by atoms with Gasteiger partial charge in [-0.05, 0) is 18.4 Å². The lowest BCUT2D eigenvalue weighted by atomic mass is 10.3. The Morgan fingerprint density at radius 1 is 1.62 bits per heavy atom. The van der Waals surface area contributed by atoms with E-state index in [0.717, 1.165) is 0 Å². The van der Waals surface area contributed by atoms with Crippen molar-refractivity contribution in [2.24, 2.45) is 0 Å². The maximum Gasteiger partial charge on any atom is 0.398 e. The third-order valence-corrected chi connectivity index (χ3v) is 2.22. The van der Waals surface area contributed by atoms with Crippen LogP contribution in [0.3, 0.4) is 0 Å². The van der Waals surface area contributed by atoms with Crippen LogP contribution in [-0.4, -0.2) is 42.2 Å². The molecule has 2 N–H and O–H groups in total. The molecule has 0 aromatic carbocycles. The number of carboxylic acids is 1. The molecule has 0 saturated carbocycles. The normalized spacial score (nSPS) is 14.0. The molecule has 1 atom stereocenters. The molecule has 0 bridgehead atoms. The first-order valence-electron chi connectivity index (χ1n) is 3.24. The van der Waals surface area contributed by atoms with Gasteiger partial charge in [-0.25, -0.2) is 8.98 Å². The van der Waals surface area contributed by atoms with E-state index < -0.39 is 22.5 Å². The fourth-order valence-corrected chi connectivity index (χ4v) is 1.51. The highest BCUT2D eigenvalue weighted by Crippen LogP contribution is 2.07. The van der Waals surface area contributed by atoms with Crippen molar-refractivity contribution in [2.45, 2.75) is 12.5 Å². The largest absolute Gasteiger partial charge is 0.479 e. The molecule has 0 aromatic rings. The van der Waals surface area contributed by atoms with Gasteiger partial charge in [0.1, 0.15) is 0 Å². The minimum absolute atomic E-state index is 0.0241. The number of aliphatic carboxylic acids is 1. The summed E-state index contributed by atoms with van der Waals surface area (Å²) in [4.78, 5) is 10.4. The van der Waals surface area contributed by atoms with Crippen molar-refractivity contribution in [3.63, 3.8) is 0 Å². The van der Waals surface area contributed by atoms with E-state index in [2.05, 4.69) is 4.18 Å². The summed E-state index contributed by atoms with van der Waals surface area (Å²) < 4.78 is 32.5. The molecule has 0 aromatic heterocycles. The number of hydrogen-bond donors (Lipinski definition) is 2. The maximum absolute atomic E-state index is 10.4. The van der Waals surface area contributed by atoms with Gasteiger partial charge in [-0.1, -0.05) is 0 Å². The van der Waals surface area contributed by atoms with Crippen LogP contribution in [0.4, 0.5) is 0 Å². The molecule has 8 heteroatoms. The third-order valence-electron chi connectivity index (χ3n) is 1.10. The van der Waals surface area contributed by atoms with E-state index in [0.29, 0.717) is 5.75 Å². The zero-order chi connectivity index (χ0) is 10.5. The second-order valence-electron chi connectivity index (χ2n) is 2.13. The van der Waals surface area contributed by atoms with Crippen LogP contribution < -0.4 is 0 Å². The molecule has 0 aliphatic carbocycles. The summed E-state index contributed by atoms with van der Waals surface area (Å²) >= 11 is 1.35. The molecule has 1 unspecified atom stereocenters. The average molecular weight is 230 g/mol. The molecule has 78 valence electrons. The Morgan fingerprint density at radius 2 is 2.15 bits per heavy atom. The predicted molar refractivity (Wildman–Crippen MR) is 47.1 cm³/mol. The van der Waals surface area contributed by atoms with Crippen LogP contribution in [-0.2, 0) is 19.4 Å². The first-order valence-corrected chi connectivity index (χ1v) is 6.00. The second-order valence-corrected chi connectivity index (χ2v) is 4.17. The van der Waals surface area contributed by atoms with Gasteiger partial charge in [-0.2, -0.15) is 20.2 Å². The molecule has 6 nitrogen and oxygen atoms in total. The zero-order valence-corrected chi connectivity index (χ0v) is 8.47. The third kappa shape index (κ3) is 6.82. The highest BCUT2D eigenvalue weighted by molar-refractivity contribution is 7.98. The van der Waals surface area contributed by atoms with E-state index in [1.165, 1.54) is 11.8 Å². The second kappa shape index (κ2) is 5.43. The number of rotatable bonds is 6. The molecule has 0 rings (SSSR count). The minimum atomic E-state index is -4.69. The van der Waals surface area contributed by atoms with Gasteiger partial charge >= 0.3 is 16.4 Å². The Hall–Kier alpha value is -0.310. The number of hydrogen-bond acceptors (Lipinski definition) is 5. The van der Waals surface area contributed by atoms with Gasteiger partial charge in [0, 0.05) is 0 Å². The van der Waals surface area contributed by atoms with Crippen molar-refractivity contribution in [3.8, 4) is 0 Å². The lowest BCUT2D eigenvalue weighted by molar-refractivity contribution is -0.145. The van der Waals surface area contributed by atoms with Crippen LogP contribution in [0.5, 0.6) is 0 Å². The Balaban J connectivity index is 4.19. The topological polar surface area (TPSA) is 101 Å². The number of carbonyl (C=O) groups is 1. The lowest BCUT2D eigenvalue weighted by Crippen LogP contribution is -2.27. The fourth-order valence-electron chi connectivity index (χ4n) is 0.584. The van der Waals surface area contributed by atoms with Crippen LogP contribution >= 0.6 is 11.8 Å². The molecule has 0 fully saturated rings. The molecular formula is C5H10O6S2. The molecule has 0 saturated heterocycles. The monoisotopic (exact) mass is 230 g/mol. The van der Waals surface area contributed by atoms with Gasteiger partial charge < -0.3 is 5.11 Å². The maximum atomic E-state index is 10.4. The van der Waals surface area contributed by atoms with Crippen molar-refractivity contribution in [3.05, 3.63) is 0 Å². The van der Waals surface area contributed by atoms with Gasteiger partial charge in [-0.15, -0.1) is 0 Å². The van der Waals surface area contributed by atoms with E-state index in [1.54, 1.807) is 6.26 Å². The SMILES string of the molecule is CSCCC(OS(=O)(=O)O)C(=O)O. The molecule has 0 amide bonds. The Bertz CT molecular complexity index is 258. The van der Waals surface area contributed by atoms with Crippen LogP contribution in [0.25, 0.3) is 0 Å². The quantitative estimate of drug-likeness (QED) is 0.620. The standard InChI is InChI=1S/C5H10O6S2/c1-12-3-2-4(5(6)7)11-13(8,9)10/h4H,2-3H2,1H3,(H,6,7)(H,8,9,10). The van der Waals surface area contributed by atoms with Crippen LogP contribution in [0.1, 0.15) is 6.42 Å². The average Bonchev–Trinajstić information content (AvgIpc) is 1.95. The van der Waals surface area contributed by atoms with Crippen molar-refractivity contribution in [1.29, 1.82) is 0 Å². The summed E-state index contributed by atoms with van der Waals surface area (Å²) in [5.41, 5.74) is 0. The van der Waals surface area contributed by atoms with Crippen LogP contribution in [0, 0.1) is 0 Å². The first-order chi connectivity index (χ1) is 5.87. The van der Waals surface area contributed by atoms with Gasteiger partial charge in [0.2, 0.25) is 0 Å². The minimum Gasteiger partial charge on any atom is -0.479 e. The van der Waals surface area contributed by atoms with Gasteiger partial charge in [0.25, 0.3) is 0 Å². The van der Waals surface area contributed by atoms with Gasteiger partial charge in [-0.3, -0.25) is 4.55 Å². The summed E-state index contributed by atoms with van der Waals surface area (Å²) in [6.07, 6.45) is 0.255. The highest BCUT2D eigenvalue weighted by Gasteiger charge is 2.23. The van der Waals surface area contributed by atoms with Gasteiger partial charge in [0.05, 0.1) is 0 Å². The van der Waals surface area contributed by atoms with E-state index in [1.807, 2.05) is 0 Å². The van der Waals surface area contributed by atoms with Crippen LogP contribution in [0.15, 0.2) is 0 Å². The Morgan fingerprint density at radius 3 is 2.46 bits per heavy atom. The molecule has 0 heterocycles. The van der Waals surface area contributed by atoms with E-state index >= 15 is 0 Å².